The van der Waals surface area contributed by atoms with Gasteiger partial charge in [-0.15, -0.1) is 0 Å². The van der Waals surface area contributed by atoms with E-state index >= 15 is 0 Å². The molecule has 0 aliphatic carbocycles. The standard InChI is InChI=1S/C14H11F3N2O/c1-7-6-8(18)2-3-9(7)14(20)19-11-5-4-10(15)12(16)13(11)17/h2-6H,18H2,1H3,(H,19,20). The van der Waals surface area contributed by atoms with E-state index in [2.05, 4.69) is 5.32 Å². The van der Waals surface area contributed by atoms with E-state index in [9.17, 15) is 18.0 Å². The molecule has 0 saturated carbocycles. The van der Waals surface area contributed by atoms with Crippen molar-refractivity contribution >= 4 is 17.3 Å². The minimum Gasteiger partial charge on any atom is -0.399 e. The summed E-state index contributed by atoms with van der Waals surface area (Å²) in [5.74, 6) is -5.01. The lowest BCUT2D eigenvalue weighted by molar-refractivity contribution is 0.102. The predicted molar refractivity (Wildman–Crippen MR) is 69.9 cm³/mol. The molecule has 0 heterocycles. The molecule has 0 saturated heterocycles. The molecule has 3 nitrogen and oxygen atoms in total. The number of amides is 1. The van der Waals surface area contributed by atoms with Crippen molar-refractivity contribution in [3.8, 4) is 0 Å². The SMILES string of the molecule is Cc1cc(N)ccc1C(=O)Nc1ccc(F)c(F)c1F. The number of halogens is 3. The molecule has 2 aromatic rings. The second kappa shape index (κ2) is 5.24. The zero-order chi connectivity index (χ0) is 14.9. The summed E-state index contributed by atoms with van der Waals surface area (Å²) in [4.78, 5) is 12.0. The highest BCUT2D eigenvalue weighted by Crippen LogP contribution is 2.21. The van der Waals surface area contributed by atoms with Gasteiger partial charge in [0.05, 0.1) is 5.69 Å². The molecule has 0 aliphatic heterocycles. The van der Waals surface area contributed by atoms with Crippen molar-refractivity contribution < 1.29 is 18.0 Å². The second-order valence-electron chi connectivity index (χ2n) is 4.25. The first-order valence-electron chi connectivity index (χ1n) is 5.71. The van der Waals surface area contributed by atoms with Crippen LogP contribution in [0.25, 0.3) is 0 Å². The van der Waals surface area contributed by atoms with E-state index < -0.39 is 29.0 Å². The van der Waals surface area contributed by atoms with Gasteiger partial charge in [0.1, 0.15) is 0 Å². The van der Waals surface area contributed by atoms with Crippen molar-refractivity contribution in [1.82, 2.24) is 0 Å². The van der Waals surface area contributed by atoms with Gasteiger partial charge in [0.25, 0.3) is 5.91 Å². The van der Waals surface area contributed by atoms with Gasteiger partial charge in [0, 0.05) is 11.3 Å². The van der Waals surface area contributed by atoms with Crippen LogP contribution in [0.3, 0.4) is 0 Å². The third-order valence-electron chi connectivity index (χ3n) is 2.78. The number of rotatable bonds is 2. The van der Waals surface area contributed by atoms with Crippen LogP contribution < -0.4 is 11.1 Å². The minimum absolute atomic E-state index is 0.267. The zero-order valence-corrected chi connectivity index (χ0v) is 10.5. The molecule has 1 amide bonds. The van der Waals surface area contributed by atoms with Crippen molar-refractivity contribution in [3.05, 3.63) is 58.9 Å². The van der Waals surface area contributed by atoms with E-state index in [-0.39, 0.29) is 5.56 Å². The van der Waals surface area contributed by atoms with Crippen molar-refractivity contribution in [3.63, 3.8) is 0 Å². The Kier molecular flexibility index (Phi) is 3.65. The first kappa shape index (κ1) is 13.9. The molecule has 0 spiro atoms. The Morgan fingerprint density at radius 2 is 1.80 bits per heavy atom. The van der Waals surface area contributed by atoms with Crippen LogP contribution in [-0.4, -0.2) is 5.91 Å². The molecule has 2 rings (SSSR count). The van der Waals surface area contributed by atoms with Gasteiger partial charge >= 0.3 is 0 Å². The lowest BCUT2D eigenvalue weighted by Gasteiger charge is -2.09. The molecule has 0 bridgehead atoms. The molecule has 3 N–H and O–H groups in total. The fourth-order valence-corrected chi connectivity index (χ4v) is 1.75. The zero-order valence-electron chi connectivity index (χ0n) is 10.5. The smallest absolute Gasteiger partial charge is 0.256 e. The minimum atomic E-state index is -1.63. The molecule has 6 heteroatoms. The van der Waals surface area contributed by atoms with Crippen LogP contribution in [0.1, 0.15) is 15.9 Å². The average Bonchev–Trinajstić information content (AvgIpc) is 2.39. The number of hydrogen-bond acceptors (Lipinski definition) is 2. The van der Waals surface area contributed by atoms with Crippen LogP contribution in [0.5, 0.6) is 0 Å². The Balaban J connectivity index is 2.30. The van der Waals surface area contributed by atoms with Crippen LogP contribution in [0.15, 0.2) is 30.3 Å². The molecule has 20 heavy (non-hydrogen) atoms. The van der Waals surface area contributed by atoms with Crippen molar-refractivity contribution in [2.24, 2.45) is 0 Å². The first-order valence-corrected chi connectivity index (χ1v) is 5.71. The lowest BCUT2D eigenvalue weighted by Crippen LogP contribution is -2.15. The molecule has 0 atom stereocenters. The van der Waals surface area contributed by atoms with E-state index in [4.69, 9.17) is 5.73 Å². The predicted octanol–water partition coefficient (Wildman–Crippen LogP) is 3.25. The number of benzene rings is 2. The number of nitrogen functional groups attached to an aromatic ring is 1. The third kappa shape index (κ3) is 2.59. The summed E-state index contributed by atoms with van der Waals surface area (Å²) in [5.41, 5.74) is 6.47. The number of nitrogens with one attached hydrogen (secondary N) is 1. The van der Waals surface area contributed by atoms with E-state index in [0.717, 1.165) is 12.1 Å². The maximum absolute atomic E-state index is 13.5. The van der Waals surface area contributed by atoms with Crippen LogP contribution in [-0.2, 0) is 0 Å². The highest BCUT2D eigenvalue weighted by molar-refractivity contribution is 6.05. The van der Waals surface area contributed by atoms with Crippen molar-refractivity contribution in [1.29, 1.82) is 0 Å². The van der Waals surface area contributed by atoms with E-state index in [0.29, 0.717) is 11.3 Å². The van der Waals surface area contributed by atoms with Crippen LogP contribution in [0.4, 0.5) is 24.5 Å². The van der Waals surface area contributed by atoms with E-state index in [1.54, 1.807) is 13.0 Å². The number of nitrogens with two attached hydrogens (primary N) is 1. The Labute approximate surface area is 113 Å². The topological polar surface area (TPSA) is 55.1 Å². The Morgan fingerprint density at radius 1 is 1.10 bits per heavy atom. The summed E-state index contributed by atoms with van der Waals surface area (Å²) in [7, 11) is 0. The van der Waals surface area contributed by atoms with Crippen LogP contribution in [0.2, 0.25) is 0 Å². The van der Waals surface area contributed by atoms with Gasteiger partial charge in [-0.25, -0.2) is 13.2 Å². The molecule has 0 aromatic heterocycles. The van der Waals surface area contributed by atoms with Gasteiger partial charge in [0.15, 0.2) is 17.5 Å². The number of aryl methyl sites for hydroxylation is 1. The fraction of sp³-hybridized carbons (Fsp3) is 0.0714. The number of carbonyl (C=O) groups excluding carboxylic acids is 1. The summed E-state index contributed by atoms with van der Waals surface area (Å²) in [6.07, 6.45) is 0. The number of carbonyl (C=O) groups is 1. The average molecular weight is 280 g/mol. The Hall–Kier alpha value is -2.50. The third-order valence-corrected chi connectivity index (χ3v) is 2.78. The molecule has 2 aromatic carbocycles. The first-order chi connectivity index (χ1) is 9.40. The van der Waals surface area contributed by atoms with Crippen LogP contribution in [0, 0.1) is 24.4 Å². The molecule has 0 aliphatic rings. The van der Waals surface area contributed by atoms with Crippen molar-refractivity contribution in [2.75, 3.05) is 11.1 Å². The maximum atomic E-state index is 13.5. The number of anilines is 2. The van der Waals surface area contributed by atoms with E-state index in [1.807, 2.05) is 0 Å². The molecular formula is C14H11F3N2O. The molecular weight excluding hydrogens is 269 g/mol. The lowest BCUT2D eigenvalue weighted by atomic mass is 10.1. The highest BCUT2D eigenvalue weighted by atomic mass is 19.2. The van der Waals surface area contributed by atoms with Gasteiger partial charge in [-0.05, 0) is 42.8 Å². The monoisotopic (exact) mass is 280 g/mol. The number of hydrogen-bond donors (Lipinski definition) is 2. The molecule has 0 fully saturated rings. The molecule has 0 unspecified atom stereocenters. The van der Waals surface area contributed by atoms with Crippen molar-refractivity contribution in [2.45, 2.75) is 6.92 Å². The summed E-state index contributed by atoms with van der Waals surface area (Å²) in [6.45, 7) is 1.66. The largest absolute Gasteiger partial charge is 0.399 e. The Bertz CT molecular complexity index is 686. The fourth-order valence-electron chi connectivity index (χ4n) is 1.75. The molecule has 0 radical (unpaired) electrons. The quantitative estimate of drug-likeness (QED) is 0.655. The second-order valence-corrected chi connectivity index (χ2v) is 4.25. The van der Waals surface area contributed by atoms with Gasteiger partial charge in [-0.2, -0.15) is 0 Å². The van der Waals surface area contributed by atoms with Gasteiger partial charge < -0.3 is 11.1 Å². The Morgan fingerprint density at radius 3 is 2.45 bits per heavy atom. The summed E-state index contributed by atoms with van der Waals surface area (Å²) in [5, 5.41) is 2.19. The summed E-state index contributed by atoms with van der Waals surface area (Å²) >= 11 is 0. The van der Waals surface area contributed by atoms with E-state index in [1.165, 1.54) is 12.1 Å². The molecule has 104 valence electrons. The summed E-state index contributed by atoms with van der Waals surface area (Å²) < 4.78 is 39.3. The van der Waals surface area contributed by atoms with Crippen LogP contribution >= 0.6 is 0 Å². The summed E-state index contributed by atoms with van der Waals surface area (Å²) in [6, 6.07) is 6.26. The van der Waals surface area contributed by atoms with Gasteiger partial charge in [-0.3, -0.25) is 4.79 Å². The van der Waals surface area contributed by atoms with Gasteiger partial charge in [0.2, 0.25) is 0 Å². The maximum Gasteiger partial charge on any atom is 0.256 e. The van der Waals surface area contributed by atoms with Gasteiger partial charge in [-0.1, -0.05) is 0 Å². The normalized spacial score (nSPS) is 10.4. The highest BCUT2D eigenvalue weighted by Gasteiger charge is 2.16.